The lowest BCUT2D eigenvalue weighted by Gasteiger charge is -2.21. The van der Waals surface area contributed by atoms with Gasteiger partial charge in [0.2, 0.25) is 17.7 Å². The number of nitrogens with two attached hydrogens (primary N) is 1. The van der Waals surface area contributed by atoms with Gasteiger partial charge in [-0.3, -0.25) is 24.0 Å². The van der Waals surface area contributed by atoms with Gasteiger partial charge >= 0.3 is 5.97 Å². The number of esters is 1. The molecule has 0 fully saturated rings. The van der Waals surface area contributed by atoms with Gasteiger partial charge in [0.05, 0.1) is 30.7 Å². The Morgan fingerprint density at radius 1 is 0.880 bits per heavy atom. The van der Waals surface area contributed by atoms with E-state index in [1.54, 1.807) is 13.0 Å². The van der Waals surface area contributed by atoms with E-state index in [1.807, 2.05) is 13.0 Å². The third-order valence-corrected chi connectivity index (χ3v) is 8.71. The van der Waals surface area contributed by atoms with Crippen LogP contribution < -0.4 is 21.7 Å². The molecule has 0 aliphatic carbocycles. The lowest BCUT2D eigenvalue weighted by molar-refractivity contribution is -0.147. The molecular weight excluding hydrogens is 644 g/mol. The van der Waals surface area contributed by atoms with Crippen LogP contribution in [0.5, 0.6) is 0 Å². The molecule has 0 radical (unpaired) electrons. The highest BCUT2D eigenvalue weighted by atomic mass is 16.5. The fraction of sp³-hybridized carbons (Fsp3) is 0.676. The molecule has 0 aromatic heterocycles. The second kappa shape index (κ2) is 25.2. The van der Waals surface area contributed by atoms with Crippen molar-refractivity contribution in [2.45, 2.75) is 124 Å². The van der Waals surface area contributed by atoms with Crippen molar-refractivity contribution < 1.29 is 43.7 Å². The monoisotopic (exact) mass is 706 g/mol. The Bertz CT molecular complexity index is 1200. The van der Waals surface area contributed by atoms with Crippen molar-refractivity contribution in [1.29, 1.82) is 0 Å². The van der Waals surface area contributed by atoms with Crippen LogP contribution in [0.2, 0.25) is 0 Å². The summed E-state index contributed by atoms with van der Waals surface area (Å²) in [5, 5.41) is 27.4. The molecule has 0 saturated carbocycles. The van der Waals surface area contributed by atoms with Crippen LogP contribution in [0, 0.1) is 23.7 Å². The van der Waals surface area contributed by atoms with Crippen LogP contribution in [-0.4, -0.2) is 77.5 Å². The molecule has 0 saturated heterocycles. The van der Waals surface area contributed by atoms with Gasteiger partial charge in [-0.05, 0) is 44.6 Å². The minimum absolute atomic E-state index is 0.0663. The lowest BCUT2D eigenvalue weighted by atomic mass is 9.92. The summed E-state index contributed by atoms with van der Waals surface area (Å²) in [6.07, 6.45) is 11.3. The molecule has 284 valence electrons. The summed E-state index contributed by atoms with van der Waals surface area (Å²) >= 11 is 0. The van der Waals surface area contributed by atoms with E-state index in [2.05, 4.69) is 47.2 Å². The second-order valence-corrected chi connectivity index (χ2v) is 13.4. The van der Waals surface area contributed by atoms with Crippen molar-refractivity contribution in [1.82, 2.24) is 16.0 Å². The van der Waals surface area contributed by atoms with Crippen LogP contribution in [0.15, 0.2) is 36.1 Å². The first kappa shape index (κ1) is 46.2. The Morgan fingerprint density at radius 3 is 2.14 bits per heavy atom. The number of unbranched alkanes of at least 4 members (excludes halogenated alkanes) is 3. The van der Waals surface area contributed by atoms with Crippen molar-refractivity contribution in [2.24, 2.45) is 29.4 Å². The van der Waals surface area contributed by atoms with Crippen molar-refractivity contribution in [3.05, 3.63) is 36.1 Å². The molecule has 0 aromatic carbocycles. The zero-order valence-electron chi connectivity index (χ0n) is 31.1. The van der Waals surface area contributed by atoms with E-state index in [9.17, 15) is 39.0 Å². The molecule has 0 aromatic rings. The summed E-state index contributed by atoms with van der Waals surface area (Å²) in [7, 11) is 1.07. The Hall–Kier alpha value is -3.84. The molecule has 0 heterocycles. The zero-order valence-corrected chi connectivity index (χ0v) is 31.1. The first-order valence-electron chi connectivity index (χ1n) is 17.6. The fourth-order valence-electron chi connectivity index (χ4n) is 4.87. The molecule has 0 rings (SSSR count). The summed E-state index contributed by atoms with van der Waals surface area (Å²) in [4.78, 5) is 73.5. The number of ketones is 1. The first-order chi connectivity index (χ1) is 23.4. The molecule has 13 heteroatoms. The van der Waals surface area contributed by atoms with Gasteiger partial charge in [0.15, 0.2) is 5.78 Å². The number of rotatable bonds is 26. The number of hydrogen-bond acceptors (Lipinski definition) is 9. The van der Waals surface area contributed by atoms with Gasteiger partial charge in [-0.15, -0.1) is 0 Å². The number of methoxy groups -OCH3 is 1. The van der Waals surface area contributed by atoms with Crippen molar-refractivity contribution in [3.8, 4) is 0 Å². The predicted molar refractivity (Wildman–Crippen MR) is 192 cm³/mol. The Morgan fingerprint density at radius 2 is 1.54 bits per heavy atom. The average Bonchev–Trinajstić information content (AvgIpc) is 3.08. The lowest BCUT2D eigenvalue weighted by Crippen LogP contribution is -2.49. The van der Waals surface area contributed by atoms with Crippen LogP contribution in [0.4, 0.5) is 0 Å². The molecule has 0 aliphatic heterocycles. The Kier molecular flexibility index (Phi) is 23.2. The van der Waals surface area contributed by atoms with Crippen molar-refractivity contribution in [2.75, 3.05) is 13.7 Å². The fourth-order valence-corrected chi connectivity index (χ4v) is 4.87. The van der Waals surface area contributed by atoms with Crippen molar-refractivity contribution >= 4 is 35.4 Å². The van der Waals surface area contributed by atoms with Gasteiger partial charge in [0.1, 0.15) is 12.1 Å². The van der Waals surface area contributed by atoms with Gasteiger partial charge in [0, 0.05) is 18.9 Å². The minimum atomic E-state index is -1.69. The van der Waals surface area contributed by atoms with Crippen LogP contribution >= 0.6 is 0 Å². The molecule has 0 spiro atoms. The van der Waals surface area contributed by atoms with Crippen LogP contribution in [0.25, 0.3) is 0 Å². The molecule has 0 aliphatic rings. The SMILES string of the molecule is C=C(NC(=O)[C@H](C)[C@@H](O)CC[C@@H](C)C(=O)/C=C/C(C)=C/CC[C@@H](C)CCCCCC)C(=O)NC[C@@H](C)C(=O)N[C@@H](C[C@@H](O)C(N)=O)C(=O)OC. The molecule has 50 heavy (non-hydrogen) atoms. The summed E-state index contributed by atoms with van der Waals surface area (Å²) < 4.78 is 4.58. The second-order valence-electron chi connectivity index (χ2n) is 13.4. The summed E-state index contributed by atoms with van der Waals surface area (Å²) in [6, 6.07) is -1.35. The molecule has 7 atom stereocenters. The van der Waals surface area contributed by atoms with Crippen LogP contribution in [-0.2, 0) is 33.5 Å². The van der Waals surface area contributed by atoms with Gasteiger partial charge in [-0.25, -0.2) is 4.79 Å². The Labute approximate surface area is 297 Å². The number of nitrogens with one attached hydrogen (secondary N) is 3. The largest absolute Gasteiger partial charge is 0.467 e. The summed E-state index contributed by atoms with van der Waals surface area (Å²) in [5.74, 6) is -5.62. The van der Waals surface area contributed by atoms with E-state index in [4.69, 9.17) is 5.73 Å². The topological polar surface area (TPSA) is 214 Å². The number of ether oxygens (including phenoxy) is 1. The summed E-state index contributed by atoms with van der Waals surface area (Å²) in [6.45, 7) is 14.5. The highest BCUT2D eigenvalue weighted by molar-refractivity contribution is 5.97. The number of aliphatic hydroxyl groups excluding tert-OH is 2. The van der Waals surface area contributed by atoms with Gasteiger partial charge in [-0.2, -0.15) is 0 Å². The van der Waals surface area contributed by atoms with E-state index >= 15 is 0 Å². The molecule has 0 bridgehead atoms. The smallest absolute Gasteiger partial charge is 0.328 e. The normalized spacial score (nSPS) is 15.9. The van der Waals surface area contributed by atoms with E-state index in [0.29, 0.717) is 12.3 Å². The van der Waals surface area contributed by atoms with Crippen molar-refractivity contribution in [3.63, 3.8) is 0 Å². The molecule has 0 unspecified atom stereocenters. The molecule has 7 N–H and O–H groups in total. The standard InChI is InChI=1S/C37H62N4O9/c1-9-10-11-12-14-23(2)15-13-16-24(3)17-19-30(42)25(4)18-20-31(43)27(6)35(47)40-28(7)36(48)39-22-26(5)34(46)41-29(37(49)50-8)21-32(44)33(38)45/h16-17,19,23,25-27,29,31-32,43-44H,7,9-15,18,20-22H2,1-6,8H3,(H2,38,45)(H,39,48)(H,40,47)(H,41,46)/b19-17+,24-16+/t23-,25+,26+,27+,29-,31-,32+/m0/s1. The maximum atomic E-state index is 12.7. The van der Waals surface area contributed by atoms with E-state index in [-0.39, 0.29) is 30.4 Å². The number of carbonyl (C=O) groups is 6. The van der Waals surface area contributed by atoms with Crippen LogP contribution in [0.1, 0.15) is 106 Å². The minimum Gasteiger partial charge on any atom is -0.467 e. The third kappa shape index (κ3) is 19.4. The zero-order chi connectivity index (χ0) is 38.4. The number of primary amides is 1. The third-order valence-electron chi connectivity index (χ3n) is 8.71. The number of amides is 4. The number of hydrogen-bond donors (Lipinski definition) is 6. The maximum absolute atomic E-state index is 12.7. The van der Waals surface area contributed by atoms with Gasteiger partial charge in [-0.1, -0.05) is 91.0 Å². The van der Waals surface area contributed by atoms with Gasteiger partial charge in [0.25, 0.3) is 5.91 Å². The molecular formula is C37H62N4O9. The maximum Gasteiger partial charge on any atom is 0.328 e. The van der Waals surface area contributed by atoms with Gasteiger partial charge < -0.3 is 36.6 Å². The number of aliphatic hydroxyl groups is 2. The number of carbonyl (C=O) groups excluding carboxylic acids is 6. The highest BCUT2D eigenvalue weighted by Crippen LogP contribution is 2.18. The average molecular weight is 707 g/mol. The Balaban J connectivity index is 4.72. The van der Waals surface area contributed by atoms with E-state index in [1.165, 1.54) is 46.0 Å². The van der Waals surface area contributed by atoms with E-state index in [0.717, 1.165) is 25.5 Å². The first-order valence-corrected chi connectivity index (χ1v) is 17.6. The van der Waals surface area contributed by atoms with Crippen LogP contribution in [0.3, 0.4) is 0 Å². The summed E-state index contributed by atoms with van der Waals surface area (Å²) in [5.41, 5.74) is 5.73. The highest BCUT2D eigenvalue weighted by Gasteiger charge is 2.29. The molecule has 4 amide bonds. The molecule has 13 nitrogen and oxygen atoms in total. The number of allylic oxidation sites excluding steroid dienone is 4. The quantitative estimate of drug-likeness (QED) is 0.0337. The van der Waals surface area contributed by atoms with E-state index < -0.39 is 66.1 Å². The predicted octanol–water partition coefficient (Wildman–Crippen LogP) is 3.13.